The zero-order valence-electron chi connectivity index (χ0n) is 8.92. The fourth-order valence-electron chi connectivity index (χ4n) is 1.36. The number of nitrogens with zero attached hydrogens (tertiary/aromatic N) is 5. The number of rotatable bonds is 4. The van der Waals surface area contributed by atoms with Crippen molar-refractivity contribution >= 4 is 11.8 Å². The first-order valence-corrected chi connectivity index (χ1v) is 4.76. The SMILES string of the molecule is O=C(O)c1cncnc1Cn1cnc([N+](=O)[O-])c1. The molecule has 0 atom stereocenters. The topological polar surface area (TPSA) is 124 Å². The predicted molar refractivity (Wildman–Crippen MR) is 57.0 cm³/mol. The van der Waals surface area contributed by atoms with Crippen molar-refractivity contribution in [3.05, 3.63) is 46.4 Å². The Labute approximate surface area is 99.9 Å². The Morgan fingerprint density at radius 3 is 2.89 bits per heavy atom. The van der Waals surface area contributed by atoms with Crippen LogP contribution in [0.2, 0.25) is 0 Å². The highest BCUT2D eigenvalue weighted by atomic mass is 16.6. The molecule has 0 bridgehead atoms. The Kier molecular flexibility index (Phi) is 2.96. The van der Waals surface area contributed by atoms with E-state index in [1.165, 1.54) is 29.6 Å². The molecule has 0 amide bonds. The van der Waals surface area contributed by atoms with E-state index in [-0.39, 0.29) is 23.6 Å². The zero-order chi connectivity index (χ0) is 13.1. The van der Waals surface area contributed by atoms with Crippen LogP contribution in [0.4, 0.5) is 5.82 Å². The third-order valence-corrected chi connectivity index (χ3v) is 2.16. The second-order valence-electron chi connectivity index (χ2n) is 3.35. The van der Waals surface area contributed by atoms with Crippen molar-refractivity contribution in [1.29, 1.82) is 0 Å². The molecule has 0 aliphatic rings. The van der Waals surface area contributed by atoms with Crippen molar-refractivity contribution in [2.45, 2.75) is 6.54 Å². The largest absolute Gasteiger partial charge is 0.478 e. The van der Waals surface area contributed by atoms with E-state index in [0.717, 1.165) is 0 Å². The van der Waals surface area contributed by atoms with Crippen molar-refractivity contribution in [1.82, 2.24) is 19.5 Å². The van der Waals surface area contributed by atoms with Gasteiger partial charge in [0.05, 0.1) is 12.2 Å². The highest BCUT2D eigenvalue weighted by Crippen LogP contribution is 2.10. The summed E-state index contributed by atoms with van der Waals surface area (Å²) in [5.41, 5.74) is 0.207. The number of nitro groups is 1. The van der Waals surface area contributed by atoms with E-state index in [4.69, 9.17) is 5.11 Å². The Hall–Kier alpha value is -2.84. The van der Waals surface area contributed by atoms with Gasteiger partial charge in [-0.15, -0.1) is 0 Å². The molecular weight excluding hydrogens is 242 g/mol. The van der Waals surface area contributed by atoms with Crippen molar-refractivity contribution in [2.24, 2.45) is 0 Å². The fraction of sp³-hybridized carbons (Fsp3) is 0.111. The maximum atomic E-state index is 10.9. The summed E-state index contributed by atoms with van der Waals surface area (Å²) in [7, 11) is 0. The molecule has 0 aliphatic heterocycles. The molecule has 0 aliphatic carbocycles. The molecule has 0 fully saturated rings. The van der Waals surface area contributed by atoms with Gasteiger partial charge in [-0.3, -0.25) is 0 Å². The number of aromatic nitrogens is 4. The Bertz CT molecular complexity index is 609. The normalized spacial score (nSPS) is 10.2. The first kappa shape index (κ1) is 11.6. The summed E-state index contributed by atoms with van der Waals surface area (Å²) >= 11 is 0. The molecular formula is C9H7N5O4. The summed E-state index contributed by atoms with van der Waals surface area (Å²) < 4.78 is 1.38. The number of carboxylic acid groups (broad SMARTS) is 1. The highest BCUT2D eigenvalue weighted by molar-refractivity contribution is 5.88. The molecule has 0 saturated carbocycles. The number of carbonyl (C=O) groups is 1. The van der Waals surface area contributed by atoms with E-state index < -0.39 is 10.9 Å². The Morgan fingerprint density at radius 1 is 1.50 bits per heavy atom. The summed E-state index contributed by atoms with van der Waals surface area (Å²) in [6.45, 7) is 0.0744. The van der Waals surface area contributed by atoms with Crippen molar-refractivity contribution < 1.29 is 14.8 Å². The van der Waals surface area contributed by atoms with Crippen LogP contribution in [0.3, 0.4) is 0 Å². The van der Waals surface area contributed by atoms with Gasteiger partial charge in [-0.05, 0) is 9.91 Å². The van der Waals surface area contributed by atoms with Gasteiger partial charge in [0, 0.05) is 6.20 Å². The average molecular weight is 249 g/mol. The molecule has 1 N–H and O–H groups in total. The minimum absolute atomic E-state index is 0.0474. The zero-order valence-corrected chi connectivity index (χ0v) is 8.92. The molecule has 2 rings (SSSR count). The van der Waals surface area contributed by atoms with Crippen molar-refractivity contribution in [3.63, 3.8) is 0 Å². The third kappa shape index (κ3) is 2.29. The monoisotopic (exact) mass is 249 g/mol. The van der Waals surface area contributed by atoms with Gasteiger partial charge in [0.25, 0.3) is 0 Å². The second kappa shape index (κ2) is 4.57. The van der Waals surface area contributed by atoms with E-state index in [0.29, 0.717) is 0 Å². The van der Waals surface area contributed by atoms with Gasteiger partial charge in [-0.2, -0.15) is 0 Å². The lowest BCUT2D eigenvalue weighted by Gasteiger charge is -2.03. The Morgan fingerprint density at radius 2 is 2.28 bits per heavy atom. The fourth-order valence-corrected chi connectivity index (χ4v) is 1.36. The lowest BCUT2D eigenvalue weighted by atomic mass is 10.2. The summed E-state index contributed by atoms with van der Waals surface area (Å²) in [6.07, 6.45) is 4.84. The number of aromatic carboxylic acids is 1. The minimum Gasteiger partial charge on any atom is -0.478 e. The van der Waals surface area contributed by atoms with Gasteiger partial charge < -0.3 is 19.8 Å². The van der Waals surface area contributed by atoms with E-state index in [1.54, 1.807) is 0 Å². The summed E-state index contributed by atoms with van der Waals surface area (Å²) in [4.78, 5) is 31.7. The quantitative estimate of drug-likeness (QED) is 0.611. The van der Waals surface area contributed by atoms with Crippen molar-refractivity contribution in [3.8, 4) is 0 Å². The average Bonchev–Trinajstić information content (AvgIpc) is 2.78. The van der Waals surface area contributed by atoms with E-state index >= 15 is 0 Å². The van der Waals surface area contributed by atoms with E-state index in [1.807, 2.05) is 0 Å². The molecule has 9 nitrogen and oxygen atoms in total. The molecule has 0 unspecified atom stereocenters. The molecule has 0 aromatic carbocycles. The lowest BCUT2D eigenvalue weighted by molar-refractivity contribution is -0.389. The van der Waals surface area contributed by atoms with Crippen LogP contribution in [0.1, 0.15) is 16.1 Å². The molecule has 2 heterocycles. The predicted octanol–water partition coefficient (Wildman–Crippen LogP) is 0.328. The third-order valence-electron chi connectivity index (χ3n) is 2.16. The molecule has 9 heteroatoms. The molecule has 0 radical (unpaired) electrons. The maximum Gasteiger partial charge on any atom is 0.381 e. The number of imidazole rings is 1. The van der Waals surface area contributed by atoms with Gasteiger partial charge >= 0.3 is 11.8 Å². The summed E-state index contributed by atoms with van der Waals surface area (Å²) in [5.74, 6) is -1.46. The summed E-state index contributed by atoms with van der Waals surface area (Å²) in [5, 5.41) is 19.4. The number of carboxylic acids is 1. The first-order valence-electron chi connectivity index (χ1n) is 4.76. The van der Waals surface area contributed by atoms with E-state index in [9.17, 15) is 14.9 Å². The van der Waals surface area contributed by atoms with Gasteiger partial charge in [0.15, 0.2) is 0 Å². The van der Waals surface area contributed by atoms with E-state index in [2.05, 4.69) is 15.0 Å². The highest BCUT2D eigenvalue weighted by Gasteiger charge is 2.14. The van der Waals surface area contributed by atoms with Crippen LogP contribution in [-0.4, -0.2) is 35.5 Å². The smallest absolute Gasteiger partial charge is 0.381 e. The molecule has 0 spiro atoms. The van der Waals surface area contributed by atoms with Gasteiger partial charge in [0.1, 0.15) is 18.1 Å². The Balaban J connectivity index is 2.28. The van der Waals surface area contributed by atoms with Crippen LogP contribution >= 0.6 is 0 Å². The lowest BCUT2D eigenvalue weighted by Crippen LogP contribution is -2.09. The molecule has 2 aromatic heterocycles. The van der Waals surface area contributed by atoms with Crippen LogP contribution in [0, 0.1) is 10.1 Å². The van der Waals surface area contributed by atoms with Gasteiger partial charge in [-0.1, -0.05) is 0 Å². The van der Waals surface area contributed by atoms with Crippen molar-refractivity contribution in [2.75, 3.05) is 0 Å². The van der Waals surface area contributed by atoms with Gasteiger partial charge in [-0.25, -0.2) is 14.8 Å². The molecule has 0 saturated heterocycles. The van der Waals surface area contributed by atoms with Gasteiger partial charge in [0.2, 0.25) is 6.33 Å². The molecule has 18 heavy (non-hydrogen) atoms. The molecule has 2 aromatic rings. The maximum absolute atomic E-state index is 10.9. The first-order chi connectivity index (χ1) is 8.58. The number of hydrogen-bond acceptors (Lipinski definition) is 6. The number of hydrogen-bond donors (Lipinski definition) is 1. The molecule has 92 valence electrons. The van der Waals surface area contributed by atoms with Crippen LogP contribution in [-0.2, 0) is 6.54 Å². The minimum atomic E-state index is -1.15. The van der Waals surface area contributed by atoms with Crippen LogP contribution in [0.25, 0.3) is 0 Å². The standard InChI is InChI=1S/C9H7N5O4/c15-9(16)6-1-10-4-11-7(6)2-13-3-8(12-5-13)14(17)18/h1,3-5H,2H2,(H,15,16). The van der Waals surface area contributed by atoms with Crippen LogP contribution < -0.4 is 0 Å². The second-order valence-corrected chi connectivity index (χ2v) is 3.35. The van der Waals surface area contributed by atoms with Crippen LogP contribution in [0.5, 0.6) is 0 Å². The summed E-state index contributed by atoms with van der Waals surface area (Å²) in [6, 6.07) is 0. The van der Waals surface area contributed by atoms with Crippen LogP contribution in [0.15, 0.2) is 25.0 Å².